The van der Waals surface area contributed by atoms with E-state index >= 15 is 0 Å². The van der Waals surface area contributed by atoms with Crippen LogP contribution in [0, 0.1) is 0 Å². The summed E-state index contributed by atoms with van der Waals surface area (Å²) in [5.74, 6) is -0.997. The molecule has 2 aromatic carbocycles. The summed E-state index contributed by atoms with van der Waals surface area (Å²) in [6, 6.07) is 18.3. The predicted octanol–water partition coefficient (Wildman–Crippen LogP) is 3.56. The predicted molar refractivity (Wildman–Crippen MR) is 111 cm³/mol. The fraction of sp³-hybridized carbons (Fsp3) is 0.417. The molecule has 2 aliphatic rings. The van der Waals surface area contributed by atoms with E-state index < -0.39 is 17.6 Å². The molecule has 1 saturated carbocycles. The van der Waals surface area contributed by atoms with E-state index in [1.54, 1.807) is 4.90 Å². The number of nitrogens with one attached hydrogen (secondary N) is 1. The van der Waals surface area contributed by atoms with E-state index in [1.807, 2.05) is 60.7 Å². The van der Waals surface area contributed by atoms with Gasteiger partial charge in [-0.05, 0) is 36.9 Å². The van der Waals surface area contributed by atoms with Gasteiger partial charge >= 0.3 is 5.97 Å². The highest BCUT2D eigenvalue weighted by atomic mass is 16.4. The quantitative estimate of drug-likeness (QED) is 0.816. The lowest BCUT2D eigenvalue weighted by Crippen LogP contribution is -2.58. The van der Waals surface area contributed by atoms with Crippen molar-refractivity contribution < 1.29 is 14.7 Å². The van der Waals surface area contributed by atoms with Gasteiger partial charge in [-0.25, -0.2) is 4.79 Å². The Kier molecular flexibility index (Phi) is 5.67. The summed E-state index contributed by atoms with van der Waals surface area (Å²) in [7, 11) is 0. The van der Waals surface area contributed by atoms with Crippen molar-refractivity contribution in [1.82, 2.24) is 10.2 Å². The molecule has 1 unspecified atom stereocenters. The van der Waals surface area contributed by atoms with Gasteiger partial charge in [-0.15, -0.1) is 0 Å². The number of rotatable bonds is 5. The second-order valence-electron chi connectivity index (χ2n) is 8.19. The van der Waals surface area contributed by atoms with Gasteiger partial charge in [0.2, 0.25) is 5.91 Å². The minimum atomic E-state index is -0.946. The second kappa shape index (κ2) is 8.37. The van der Waals surface area contributed by atoms with E-state index in [9.17, 15) is 14.7 Å². The lowest BCUT2D eigenvalue weighted by Gasteiger charge is -2.39. The summed E-state index contributed by atoms with van der Waals surface area (Å²) in [5, 5.41) is 13.7. The van der Waals surface area contributed by atoms with Crippen molar-refractivity contribution in [3.63, 3.8) is 0 Å². The summed E-state index contributed by atoms with van der Waals surface area (Å²) < 4.78 is 0. The lowest BCUT2D eigenvalue weighted by molar-refractivity contribution is -0.155. The minimum Gasteiger partial charge on any atom is -0.480 e. The molecule has 1 saturated heterocycles. The molecule has 1 amide bonds. The Balaban J connectivity index is 1.76. The molecule has 1 heterocycles. The highest BCUT2D eigenvalue weighted by Gasteiger charge is 2.49. The molecular weight excluding hydrogens is 364 g/mol. The number of aliphatic carboxylic acids is 1. The largest absolute Gasteiger partial charge is 0.480 e. The fourth-order valence-corrected chi connectivity index (χ4v) is 4.92. The molecule has 4 rings (SSSR count). The number of carboxylic acids is 1. The average Bonchev–Trinajstić information content (AvgIpc) is 3.18. The van der Waals surface area contributed by atoms with E-state index in [0.717, 1.165) is 36.8 Å². The smallest absolute Gasteiger partial charge is 0.326 e. The standard InChI is InChI=1S/C24H28N2O3/c27-22(28)21(17-18-9-3-1-4-10-18)26-20(19-11-5-2-6-12-19)13-16-25-24(23(26)29)14-7-8-15-24/h1-6,9-12,20-21,25H,7-8,13-17H2,(H,27,28)/t20-,21?/m0/s1. The third kappa shape index (κ3) is 3.92. The van der Waals surface area contributed by atoms with Crippen LogP contribution in [-0.2, 0) is 16.0 Å². The van der Waals surface area contributed by atoms with Gasteiger partial charge in [-0.2, -0.15) is 0 Å². The van der Waals surface area contributed by atoms with Crippen LogP contribution in [0.25, 0.3) is 0 Å². The molecule has 5 nitrogen and oxygen atoms in total. The number of nitrogens with zero attached hydrogens (tertiary/aromatic N) is 1. The molecule has 2 N–H and O–H groups in total. The average molecular weight is 392 g/mol. The zero-order chi connectivity index (χ0) is 20.3. The molecule has 0 aromatic heterocycles. The summed E-state index contributed by atoms with van der Waals surface area (Å²) >= 11 is 0. The second-order valence-corrected chi connectivity index (χ2v) is 8.19. The van der Waals surface area contributed by atoms with Gasteiger partial charge in [0.05, 0.1) is 11.6 Å². The molecule has 1 aliphatic carbocycles. The van der Waals surface area contributed by atoms with Crippen molar-refractivity contribution in [2.24, 2.45) is 0 Å². The summed E-state index contributed by atoms with van der Waals surface area (Å²) in [4.78, 5) is 28.0. The number of amides is 1. The van der Waals surface area contributed by atoms with Crippen LogP contribution in [0.5, 0.6) is 0 Å². The topological polar surface area (TPSA) is 69.6 Å². The maximum Gasteiger partial charge on any atom is 0.326 e. The molecule has 2 fully saturated rings. The molecular formula is C24H28N2O3. The van der Waals surface area contributed by atoms with Gasteiger partial charge in [0.1, 0.15) is 6.04 Å². The molecule has 0 bridgehead atoms. The maximum atomic E-state index is 13.9. The number of benzene rings is 2. The third-order valence-electron chi connectivity index (χ3n) is 6.40. The molecule has 2 aromatic rings. The summed E-state index contributed by atoms with van der Waals surface area (Å²) in [6.45, 7) is 0.708. The lowest BCUT2D eigenvalue weighted by atomic mass is 9.92. The SMILES string of the molecule is O=C(O)C(Cc1ccccc1)N1C(=O)C2(CCCC2)NCC[C@H]1c1ccccc1. The first kappa shape index (κ1) is 19.6. The highest BCUT2D eigenvalue weighted by Crippen LogP contribution is 2.39. The Bertz CT molecular complexity index is 847. The van der Waals surface area contributed by atoms with Crippen LogP contribution in [0.15, 0.2) is 60.7 Å². The number of carbonyl (C=O) groups is 2. The Morgan fingerprint density at radius 3 is 2.31 bits per heavy atom. The third-order valence-corrected chi connectivity index (χ3v) is 6.40. The van der Waals surface area contributed by atoms with Gasteiger partial charge in [0.15, 0.2) is 0 Å². The molecule has 29 heavy (non-hydrogen) atoms. The zero-order valence-corrected chi connectivity index (χ0v) is 16.6. The van der Waals surface area contributed by atoms with E-state index in [4.69, 9.17) is 0 Å². The molecule has 152 valence electrons. The molecule has 0 radical (unpaired) electrons. The van der Waals surface area contributed by atoms with E-state index in [0.29, 0.717) is 19.4 Å². The van der Waals surface area contributed by atoms with E-state index in [-0.39, 0.29) is 11.9 Å². The summed E-state index contributed by atoms with van der Waals surface area (Å²) in [5.41, 5.74) is 1.31. The van der Waals surface area contributed by atoms with E-state index in [1.165, 1.54) is 0 Å². The maximum absolute atomic E-state index is 13.9. The number of carboxylic acid groups (broad SMARTS) is 1. The van der Waals surface area contributed by atoms with Crippen LogP contribution >= 0.6 is 0 Å². The number of hydrogen-bond donors (Lipinski definition) is 2. The Hall–Kier alpha value is -2.66. The Morgan fingerprint density at radius 2 is 1.69 bits per heavy atom. The highest BCUT2D eigenvalue weighted by molar-refractivity contribution is 5.91. The fourth-order valence-electron chi connectivity index (χ4n) is 4.92. The number of carbonyl (C=O) groups excluding carboxylic acids is 1. The van der Waals surface area contributed by atoms with Gasteiger partial charge in [0.25, 0.3) is 0 Å². The molecule has 5 heteroatoms. The Morgan fingerprint density at radius 1 is 1.07 bits per heavy atom. The molecule has 1 aliphatic heterocycles. The van der Waals surface area contributed by atoms with Crippen molar-refractivity contribution in [2.75, 3.05) is 6.54 Å². The van der Waals surface area contributed by atoms with Gasteiger partial charge < -0.3 is 15.3 Å². The first-order valence-corrected chi connectivity index (χ1v) is 10.5. The first-order chi connectivity index (χ1) is 14.1. The van der Waals surface area contributed by atoms with Crippen LogP contribution in [0.2, 0.25) is 0 Å². The van der Waals surface area contributed by atoms with Crippen LogP contribution in [0.1, 0.15) is 49.3 Å². The Labute approximate surface area is 171 Å². The van der Waals surface area contributed by atoms with Crippen LogP contribution in [0.4, 0.5) is 0 Å². The van der Waals surface area contributed by atoms with Crippen LogP contribution < -0.4 is 5.32 Å². The van der Waals surface area contributed by atoms with E-state index in [2.05, 4.69) is 5.32 Å². The van der Waals surface area contributed by atoms with Crippen LogP contribution in [0.3, 0.4) is 0 Å². The van der Waals surface area contributed by atoms with Crippen molar-refractivity contribution in [3.8, 4) is 0 Å². The minimum absolute atomic E-state index is 0.0512. The van der Waals surface area contributed by atoms with Crippen molar-refractivity contribution in [2.45, 2.75) is 56.1 Å². The van der Waals surface area contributed by atoms with Crippen molar-refractivity contribution >= 4 is 11.9 Å². The first-order valence-electron chi connectivity index (χ1n) is 10.5. The van der Waals surface area contributed by atoms with Crippen LogP contribution in [-0.4, -0.2) is 40.0 Å². The van der Waals surface area contributed by atoms with Gasteiger partial charge in [-0.1, -0.05) is 73.5 Å². The number of hydrogen-bond acceptors (Lipinski definition) is 3. The summed E-state index contributed by atoms with van der Waals surface area (Å²) in [6.07, 6.45) is 4.57. The zero-order valence-electron chi connectivity index (χ0n) is 16.6. The van der Waals surface area contributed by atoms with Crippen molar-refractivity contribution in [1.29, 1.82) is 0 Å². The monoisotopic (exact) mass is 392 g/mol. The van der Waals surface area contributed by atoms with Gasteiger partial charge in [-0.3, -0.25) is 4.79 Å². The van der Waals surface area contributed by atoms with Gasteiger partial charge in [0, 0.05) is 6.42 Å². The van der Waals surface area contributed by atoms with Crippen molar-refractivity contribution in [3.05, 3.63) is 71.8 Å². The normalized spacial score (nSPS) is 22.4. The molecule has 1 spiro atoms. The molecule has 2 atom stereocenters.